The fraction of sp³-hybridized carbons (Fsp3) is 0.0588. The quantitative estimate of drug-likeness (QED) is 0.433. The molecule has 0 unspecified atom stereocenters. The molecule has 22 heavy (non-hydrogen) atoms. The first-order valence-electron chi connectivity index (χ1n) is 6.76. The van der Waals surface area contributed by atoms with Gasteiger partial charge in [0.05, 0.1) is 4.70 Å². The third-order valence-electron chi connectivity index (χ3n) is 3.01. The lowest BCUT2D eigenvalue weighted by Gasteiger charge is -1.96. The van der Waals surface area contributed by atoms with Crippen LogP contribution in [0.2, 0.25) is 0 Å². The van der Waals surface area contributed by atoms with Crippen molar-refractivity contribution in [1.29, 1.82) is 0 Å². The minimum atomic E-state index is 0.969. The second kappa shape index (κ2) is 7.45. The molecule has 3 heterocycles. The zero-order valence-electron chi connectivity index (χ0n) is 11.8. The molecule has 0 aliphatic heterocycles. The van der Waals surface area contributed by atoms with Crippen molar-refractivity contribution in [3.05, 3.63) is 71.4 Å². The normalized spacial score (nSPS) is 10.2. The number of allylic oxidation sites excluding steroid dienone is 1. The predicted octanol–water partition coefficient (Wildman–Crippen LogP) is 5.90. The van der Waals surface area contributed by atoms with Crippen molar-refractivity contribution in [2.24, 2.45) is 0 Å². The Labute approximate surface area is 141 Å². The molecule has 0 atom stereocenters. The summed E-state index contributed by atoms with van der Waals surface area (Å²) in [6.07, 6.45) is 2.93. The van der Waals surface area contributed by atoms with Gasteiger partial charge in [0, 0.05) is 9.75 Å². The second-order valence-corrected chi connectivity index (χ2v) is 7.14. The summed E-state index contributed by atoms with van der Waals surface area (Å²) in [5.74, 6) is 0. The number of fused-ring (bicyclic) bond motifs is 1. The highest BCUT2D eigenvalue weighted by molar-refractivity contribution is 7.20. The van der Waals surface area contributed by atoms with E-state index in [1.807, 2.05) is 41.7 Å². The third kappa shape index (κ3) is 3.50. The van der Waals surface area contributed by atoms with E-state index in [0.29, 0.717) is 0 Å². The summed E-state index contributed by atoms with van der Waals surface area (Å²) in [5.41, 5.74) is 2.38. The van der Waals surface area contributed by atoms with Gasteiger partial charge in [-0.1, -0.05) is 28.8 Å². The summed E-state index contributed by atoms with van der Waals surface area (Å²) in [6, 6.07) is 14.4. The highest BCUT2D eigenvalue weighted by atomic mass is 32.1. The summed E-state index contributed by atoms with van der Waals surface area (Å²) < 4.78 is 4.94. The first-order chi connectivity index (χ1) is 10.9. The molecule has 2 nitrogen and oxygen atoms in total. The number of thiophene rings is 2. The van der Waals surface area contributed by atoms with E-state index in [1.54, 1.807) is 11.3 Å². The summed E-state index contributed by atoms with van der Waals surface area (Å²) in [7, 11) is 0. The van der Waals surface area contributed by atoms with E-state index >= 15 is 0 Å². The van der Waals surface area contributed by atoms with Crippen LogP contribution in [0.1, 0.15) is 5.56 Å². The van der Waals surface area contributed by atoms with Crippen LogP contribution >= 0.6 is 34.2 Å². The average molecular weight is 343 g/mol. The Morgan fingerprint density at radius 1 is 1.00 bits per heavy atom. The van der Waals surface area contributed by atoms with Crippen molar-refractivity contribution >= 4 is 44.4 Å². The maximum atomic E-state index is 3.89. The van der Waals surface area contributed by atoms with Gasteiger partial charge in [-0.05, 0) is 58.5 Å². The molecule has 4 aromatic rings. The first-order valence-corrected chi connectivity index (χ1v) is 9.30. The van der Waals surface area contributed by atoms with Crippen molar-refractivity contribution in [2.45, 2.75) is 6.42 Å². The molecule has 110 valence electrons. The van der Waals surface area contributed by atoms with Gasteiger partial charge in [-0.2, -0.15) is 0 Å². The number of aromatic nitrogens is 2. The van der Waals surface area contributed by atoms with E-state index in [1.165, 1.54) is 26.9 Å². The number of hydrogen-bond acceptors (Lipinski definition) is 5. The van der Waals surface area contributed by atoms with Gasteiger partial charge in [0.25, 0.3) is 0 Å². The van der Waals surface area contributed by atoms with Crippen LogP contribution in [0.3, 0.4) is 0 Å². The van der Waals surface area contributed by atoms with E-state index in [2.05, 4.69) is 45.1 Å². The fourth-order valence-electron chi connectivity index (χ4n) is 2.00. The molecule has 3 aromatic heterocycles. The molecule has 4 rings (SSSR count). The Morgan fingerprint density at radius 3 is 2.68 bits per heavy atom. The molecule has 0 aliphatic rings. The average Bonchev–Trinajstić information content (AvgIpc) is 3.29. The highest BCUT2D eigenvalue weighted by Gasteiger charge is 2.05. The van der Waals surface area contributed by atoms with Crippen LogP contribution in [0, 0.1) is 0 Å². The number of benzene rings is 1. The Morgan fingerprint density at radius 2 is 1.91 bits per heavy atom. The molecule has 5 heteroatoms. The molecule has 0 saturated heterocycles. The van der Waals surface area contributed by atoms with Gasteiger partial charge in [-0.3, -0.25) is 0 Å². The lowest BCUT2D eigenvalue weighted by molar-refractivity contribution is 1.20. The van der Waals surface area contributed by atoms with E-state index in [0.717, 1.165) is 16.6 Å². The van der Waals surface area contributed by atoms with E-state index in [9.17, 15) is 0 Å². The highest BCUT2D eigenvalue weighted by Crippen LogP contribution is 2.33. The first kappa shape index (κ1) is 15.1. The third-order valence-corrected chi connectivity index (χ3v) is 5.72. The molecular weight excluding hydrogens is 328 g/mol. The van der Waals surface area contributed by atoms with Crippen LogP contribution in [0.5, 0.6) is 0 Å². The summed E-state index contributed by atoms with van der Waals surface area (Å²) in [5, 5.41) is 8.15. The topological polar surface area (TPSA) is 25.8 Å². The van der Waals surface area contributed by atoms with Crippen molar-refractivity contribution in [2.75, 3.05) is 0 Å². The Kier molecular flexibility index (Phi) is 5.11. The van der Waals surface area contributed by atoms with Crippen LogP contribution in [0.15, 0.2) is 65.9 Å². The summed E-state index contributed by atoms with van der Waals surface area (Å²) >= 11 is 5.03. The Balaban J connectivity index is 0.000000139. The molecule has 0 spiro atoms. The molecule has 0 fully saturated rings. The standard InChI is InChI=1S/C11H10S2.C6H4N2S/c1-2-4-9-6-8-13-11(9)10-5-3-7-12-10;1-2-4-6-5(3-1)7-8-9-6/h2-3,5-8H,1,4H2;1-4H. The number of nitrogens with zero attached hydrogens (tertiary/aromatic N) is 2. The zero-order valence-corrected chi connectivity index (χ0v) is 14.3. The van der Waals surface area contributed by atoms with Gasteiger partial charge in [-0.15, -0.1) is 34.4 Å². The predicted molar refractivity (Wildman–Crippen MR) is 98.9 cm³/mol. The van der Waals surface area contributed by atoms with Crippen molar-refractivity contribution in [1.82, 2.24) is 9.59 Å². The number of rotatable bonds is 3. The minimum Gasteiger partial charge on any atom is -0.143 e. The maximum Gasteiger partial charge on any atom is 0.105 e. The summed E-state index contributed by atoms with van der Waals surface area (Å²) in [6.45, 7) is 3.77. The molecule has 0 saturated carbocycles. The largest absolute Gasteiger partial charge is 0.143 e. The van der Waals surface area contributed by atoms with Crippen LogP contribution in [-0.4, -0.2) is 9.59 Å². The second-order valence-electron chi connectivity index (χ2n) is 4.49. The van der Waals surface area contributed by atoms with Gasteiger partial charge in [-0.25, -0.2) is 0 Å². The van der Waals surface area contributed by atoms with Crippen LogP contribution in [0.4, 0.5) is 0 Å². The van der Waals surface area contributed by atoms with Gasteiger partial charge in [0.2, 0.25) is 0 Å². The molecular formula is C17H14N2S3. The van der Waals surface area contributed by atoms with Crippen LogP contribution in [0.25, 0.3) is 20.0 Å². The van der Waals surface area contributed by atoms with Gasteiger partial charge < -0.3 is 0 Å². The van der Waals surface area contributed by atoms with Crippen LogP contribution in [-0.2, 0) is 6.42 Å². The van der Waals surface area contributed by atoms with Crippen molar-refractivity contribution < 1.29 is 0 Å². The molecule has 0 amide bonds. The van der Waals surface area contributed by atoms with E-state index in [4.69, 9.17) is 0 Å². The molecule has 1 aromatic carbocycles. The van der Waals surface area contributed by atoms with Crippen molar-refractivity contribution in [3.63, 3.8) is 0 Å². The summed E-state index contributed by atoms with van der Waals surface area (Å²) in [4.78, 5) is 2.77. The molecule has 0 bridgehead atoms. The van der Waals surface area contributed by atoms with E-state index in [-0.39, 0.29) is 0 Å². The monoisotopic (exact) mass is 342 g/mol. The number of hydrogen-bond donors (Lipinski definition) is 0. The SMILES string of the molecule is C=CCc1ccsc1-c1cccs1.c1ccc2snnc2c1. The lowest BCUT2D eigenvalue weighted by atomic mass is 10.2. The van der Waals surface area contributed by atoms with Crippen molar-refractivity contribution in [3.8, 4) is 9.75 Å². The van der Waals surface area contributed by atoms with Gasteiger partial charge >= 0.3 is 0 Å². The molecule has 0 radical (unpaired) electrons. The van der Waals surface area contributed by atoms with Crippen LogP contribution < -0.4 is 0 Å². The Bertz CT molecular complexity index is 813. The smallest absolute Gasteiger partial charge is 0.105 e. The minimum absolute atomic E-state index is 0.969. The maximum absolute atomic E-state index is 3.89. The lowest BCUT2D eigenvalue weighted by Crippen LogP contribution is -1.77. The van der Waals surface area contributed by atoms with Gasteiger partial charge in [0.15, 0.2) is 0 Å². The zero-order chi connectivity index (χ0) is 15.2. The van der Waals surface area contributed by atoms with E-state index < -0.39 is 0 Å². The molecule has 0 aliphatic carbocycles. The fourth-order valence-corrected chi connectivity index (χ4v) is 4.40. The Hall–Kier alpha value is -1.82. The van der Waals surface area contributed by atoms with Gasteiger partial charge in [0.1, 0.15) is 5.52 Å². The molecule has 0 N–H and O–H groups in total.